The summed E-state index contributed by atoms with van der Waals surface area (Å²) in [5, 5.41) is 16.6. The van der Waals surface area contributed by atoms with E-state index in [4.69, 9.17) is 0 Å². The number of hydrogen-bond acceptors (Lipinski definition) is 5. The molecule has 6 nitrogen and oxygen atoms in total. The monoisotopic (exact) mass is 442 g/mol. The molecule has 1 saturated heterocycles. The summed E-state index contributed by atoms with van der Waals surface area (Å²) in [7, 11) is 0. The number of rotatable bonds is 7. The molecule has 1 aromatic heterocycles. The van der Waals surface area contributed by atoms with Crippen LogP contribution in [-0.2, 0) is 12.2 Å². The van der Waals surface area contributed by atoms with Crippen molar-refractivity contribution in [1.29, 1.82) is 0 Å². The van der Waals surface area contributed by atoms with Crippen LogP contribution in [0.3, 0.4) is 0 Å². The molecule has 0 amide bonds. The van der Waals surface area contributed by atoms with Crippen LogP contribution in [0.25, 0.3) is 11.4 Å². The first-order chi connectivity index (χ1) is 16.0. The third-order valence-corrected chi connectivity index (χ3v) is 5.97. The van der Waals surface area contributed by atoms with Gasteiger partial charge in [-0.25, -0.2) is 4.39 Å². The molecule has 1 aliphatic heterocycles. The van der Waals surface area contributed by atoms with Crippen molar-refractivity contribution >= 4 is 17.1 Å². The number of halogens is 1. The van der Waals surface area contributed by atoms with E-state index in [-0.39, 0.29) is 0 Å². The lowest BCUT2D eigenvalue weighted by Gasteiger charge is -2.40. The Hall–Kier alpha value is -3.74. The van der Waals surface area contributed by atoms with Gasteiger partial charge >= 0.3 is 0 Å². The maximum absolute atomic E-state index is 14.1. The van der Waals surface area contributed by atoms with Gasteiger partial charge in [0.1, 0.15) is 5.67 Å². The van der Waals surface area contributed by atoms with E-state index in [1.165, 1.54) is 5.69 Å². The van der Waals surface area contributed by atoms with E-state index in [1.807, 2.05) is 42.5 Å². The van der Waals surface area contributed by atoms with E-state index >= 15 is 0 Å². The maximum Gasteiger partial charge on any atom is 0.207 e. The molecule has 1 N–H and O–H groups in total. The van der Waals surface area contributed by atoms with Crippen molar-refractivity contribution in [2.75, 3.05) is 23.3 Å². The third kappa shape index (κ3) is 4.72. The summed E-state index contributed by atoms with van der Waals surface area (Å²) in [5.41, 5.74) is 3.16. The van der Waals surface area contributed by atoms with Gasteiger partial charge in [0.15, 0.2) is 0 Å². The van der Waals surface area contributed by atoms with Gasteiger partial charge in [-0.2, -0.15) is 4.80 Å². The van der Waals surface area contributed by atoms with Crippen LogP contribution in [0.4, 0.5) is 21.5 Å². The molecular weight excluding hydrogens is 415 g/mol. The molecule has 0 spiro atoms. The molecule has 1 fully saturated rings. The maximum atomic E-state index is 14.1. The molecule has 0 saturated carbocycles. The summed E-state index contributed by atoms with van der Waals surface area (Å²) in [6, 6.07) is 25.7. The molecule has 5 rings (SSSR count). The van der Waals surface area contributed by atoms with Gasteiger partial charge in [0.25, 0.3) is 0 Å². The summed E-state index contributed by atoms with van der Waals surface area (Å²) >= 11 is 0. The molecular formula is C26H27FN6. The van der Waals surface area contributed by atoms with Crippen LogP contribution in [0.15, 0.2) is 78.9 Å². The number of aromatic nitrogens is 4. The Morgan fingerprint density at radius 1 is 0.939 bits per heavy atom. The Balaban J connectivity index is 1.26. The number of hydrogen-bond donors (Lipinski definition) is 1. The highest BCUT2D eigenvalue weighted by atomic mass is 19.1. The van der Waals surface area contributed by atoms with Gasteiger partial charge in [-0.05, 0) is 61.0 Å². The third-order valence-electron chi connectivity index (χ3n) is 5.97. The molecule has 4 aromatic rings. The molecule has 33 heavy (non-hydrogen) atoms. The van der Waals surface area contributed by atoms with Gasteiger partial charge in [-0.3, -0.25) is 0 Å². The Labute approximate surface area is 193 Å². The lowest BCUT2D eigenvalue weighted by Crippen LogP contribution is -2.48. The Kier molecular flexibility index (Phi) is 5.54. The minimum Gasteiger partial charge on any atom is -0.371 e. The molecule has 0 aliphatic carbocycles. The predicted octanol–water partition coefficient (Wildman–Crippen LogP) is 5.42. The number of alkyl halides is 1. The average molecular weight is 443 g/mol. The molecule has 2 heterocycles. The lowest BCUT2D eigenvalue weighted by molar-refractivity contribution is 0.221. The minimum absolute atomic E-state index is 0.499. The van der Waals surface area contributed by atoms with E-state index in [1.54, 1.807) is 30.8 Å². The second-order valence-corrected chi connectivity index (χ2v) is 8.99. The number of tetrazole rings is 1. The quantitative estimate of drug-likeness (QED) is 0.414. The van der Waals surface area contributed by atoms with Gasteiger partial charge in [0.05, 0.1) is 6.54 Å². The predicted molar refractivity (Wildman–Crippen MR) is 129 cm³/mol. The normalized spacial score (nSPS) is 14.2. The molecule has 1 aliphatic rings. The fraction of sp³-hybridized carbons (Fsp3) is 0.269. The molecule has 168 valence electrons. The highest BCUT2D eigenvalue weighted by Gasteiger charge is 2.28. The van der Waals surface area contributed by atoms with Gasteiger partial charge in [-0.1, -0.05) is 42.5 Å². The Morgan fingerprint density at radius 2 is 1.64 bits per heavy atom. The second kappa shape index (κ2) is 8.65. The first-order valence-corrected chi connectivity index (χ1v) is 11.2. The van der Waals surface area contributed by atoms with Crippen molar-refractivity contribution in [3.05, 3.63) is 84.4 Å². The molecule has 0 radical (unpaired) electrons. The number of para-hydroxylation sites is 2. The molecule has 0 atom stereocenters. The standard InChI is InChI=1S/C26H27FN6/c1-26(2,27)20-12-14-21(15-13-20)28-24-11-7-6-10-23(24)25-29-31-33(30-25)18-19-16-32(17-19)22-8-4-3-5-9-22/h3-15,19,28H,16-18H2,1-2H3. The van der Waals surface area contributed by atoms with E-state index < -0.39 is 5.67 Å². The first kappa shape index (κ1) is 21.1. The van der Waals surface area contributed by atoms with Crippen molar-refractivity contribution in [2.24, 2.45) is 5.92 Å². The zero-order valence-electron chi connectivity index (χ0n) is 18.8. The first-order valence-electron chi connectivity index (χ1n) is 11.2. The number of nitrogens with one attached hydrogen (secondary N) is 1. The summed E-state index contributed by atoms with van der Waals surface area (Å²) in [4.78, 5) is 4.05. The molecule has 3 aromatic carbocycles. The minimum atomic E-state index is -1.36. The summed E-state index contributed by atoms with van der Waals surface area (Å²) in [6.07, 6.45) is 0. The van der Waals surface area contributed by atoms with E-state index in [9.17, 15) is 4.39 Å². The summed E-state index contributed by atoms with van der Waals surface area (Å²) in [5.74, 6) is 1.08. The zero-order valence-corrected chi connectivity index (χ0v) is 18.8. The van der Waals surface area contributed by atoms with Crippen molar-refractivity contribution in [3.63, 3.8) is 0 Å². The summed E-state index contributed by atoms with van der Waals surface area (Å²) in [6.45, 7) is 5.84. The van der Waals surface area contributed by atoms with E-state index in [0.717, 1.165) is 36.6 Å². The molecule has 0 unspecified atom stereocenters. The van der Waals surface area contributed by atoms with Gasteiger partial charge in [0.2, 0.25) is 5.82 Å². The fourth-order valence-electron chi connectivity index (χ4n) is 4.09. The van der Waals surface area contributed by atoms with Crippen LogP contribution in [0, 0.1) is 5.92 Å². The van der Waals surface area contributed by atoms with Gasteiger partial charge in [-0.15, -0.1) is 10.2 Å². The smallest absolute Gasteiger partial charge is 0.207 e. The Bertz CT molecular complexity index is 1210. The van der Waals surface area contributed by atoms with Crippen LogP contribution in [-0.4, -0.2) is 33.3 Å². The highest BCUT2D eigenvalue weighted by Crippen LogP contribution is 2.30. The second-order valence-electron chi connectivity index (χ2n) is 8.99. The fourth-order valence-corrected chi connectivity index (χ4v) is 4.09. The van der Waals surface area contributed by atoms with Crippen LogP contribution >= 0.6 is 0 Å². The van der Waals surface area contributed by atoms with Gasteiger partial charge in [0, 0.05) is 41.6 Å². The largest absolute Gasteiger partial charge is 0.371 e. The van der Waals surface area contributed by atoms with Gasteiger partial charge < -0.3 is 10.2 Å². The van der Waals surface area contributed by atoms with Crippen LogP contribution < -0.4 is 10.2 Å². The average Bonchev–Trinajstić information content (AvgIpc) is 3.25. The van der Waals surface area contributed by atoms with Crippen molar-refractivity contribution in [3.8, 4) is 11.4 Å². The van der Waals surface area contributed by atoms with E-state index in [0.29, 0.717) is 17.3 Å². The van der Waals surface area contributed by atoms with Crippen LogP contribution in [0.2, 0.25) is 0 Å². The molecule has 7 heteroatoms. The van der Waals surface area contributed by atoms with Crippen molar-refractivity contribution in [2.45, 2.75) is 26.1 Å². The Morgan fingerprint density at radius 3 is 2.36 bits per heavy atom. The lowest BCUT2D eigenvalue weighted by atomic mass is 9.99. The SMILES string of the molecule is CC(C)(F)c1ccc(Nc2ccccc2-c2nnn(CC3CN(c4ccccc4)C3)n2)cc1. The van der Waals surface area contributed by atoms with E-state index in [2.05, 4.69) is 49.9 Å². The van der Waals surface area contributed by atoms with Crippen LogP contribution in [0.1, 0.15) is 19.4 Å². The summed E-state index contributed by atoms with van der Waals surface area (Å²) < 4.78 is 14.1. The topological polar surface area (TPSA) is 58.9 Å². The van der Waals surface area contributed by atoms with Crippen molar-refractivity contribution in [1.82, 2.24) is 20.2 Å². The van der Waals surface area contributed by atoms with Crippen molar-refractivity contribution < 1.29 is 4.39 Å². The zero-order chi connectivity index (χ0) is 22.8. The number of benzene rings is 3. The number of nitrogens with zero attached hydrogens (tertiary/aromatic N) is 5. The highest BCUT2D eigenvalue weighted by molar-refractivity contribution is 5.77. The number of anilines is 3. The van der Waals surface area contributed by atoms with Crippen LogP contribution in [0.5, 0.6) is 0 Å². The molecule has 0 bridgehead atoms.